The molecule has 30 heavy (non-hydrogen) atoms. The normalized spacial score (nSPS) is 11.4. The van der Waals surface area contributed by atoms with Crippen LogP contribution in [0.4, 0.5) is 0 Å². The zero-order valence-electron chi connectivity index (χ0n) is 16.7. The molecule has 0 saturated carbocycles. The molecule has 152 valence electrons. The number of aryl methyl sites for hydroxylation is 1. The Morgan fingerprint density at radius 2 is 1.87 bits per heavy atom. The van der Waals surface area contributed by atoms with Gasteiger partial charge < -0.3 is 0 Å². The maximum absolute atomic E-state index is 4.67. The number of H-pyrrole nitrogens is 1. The van der Waals surface area contributed by atoms with Crippen LogP contribution in [0.2, 0.25) is 0 Å². The quantitative estimate of drug-likeness (QED) is 0.337. The maximum Gasteiger partial charge on any atom is 0.205 e. The Balaban J connectivity index is 1.59. The van der Waals surface area contributed by atoms with E-state index in [-0.39, 0.29) is 0 Å². The maximum atomic E-state index is 4.67. The first-order chi connectivity index (χ1) is 14.8. The van der Waals surface area contributed by atoms with Gasteiger partial charge in [0.25, 0.3) is 0 Å². The highest BCUT2D eigenvalue weighted by molar-refractivity contribution is 7.80. The highest BCUT2D eigenvalue weighted by atomic mass is 32.1. The minimum absolute atomic E-state index is 0.586. The van der Waals surface area contributed by atoms with Gasteiger partial charge in [-0.25, -0.2) is 9.67 Å². The molecule has 2 heterocycles. The Morgan fingerprint density at radius 1 is 1.07 bits per heavy atom. The van der Waals surface area contributed by atoms with Gasteiger partial charge >= 0.3 is 0 Å². The van der Waals surface area contributed by atoms with Crippen molar-refractivity contribution in [2.45, 2.75) is 26.3 Å². The number of thiol groups is 1. The molecular weight excluding hydrogens is 394 g/mol. The van der Waals surface area contributed by atoms with Crippen LogP contribution >= 0.6 is 12.6 Å². The van der Waals surface area contributed by atoms with Crippen molar-refractivity contribution in [1.82, 2.24) is 35.4 Å². The molecule has 0 radical (unpaired) electrons. The molecule has 0 unspecified atom stereocenters. The number of rotatable bonds is 8. The van der Waals surface area contributed by atoms with Gasteiger partial charge in [0.2, 0.25) is 5.82 Å². The second-order valence-corrected chi connectivity index (χ2v) is 7.27. The van der Waals surface area contributed by atoms with Gasteiger partial charge in [0.05, 0.1) is 6.54 Å². The number of aromatic nitrogens is 7. The third-order valence-electron chi connectivity index (χ3n) is 4.77. The molecule has 4 rings (SSSR count). The molecule has 0 atom stereocenters. The van der Waals surface area contributed by atoms with Gasteiger partial charge in [-0.05, 0) is 34.6 Å². The van der Waals surface area contributed by atoms with Gasteiger partial charge in [-0.3, -0.25) is 0 Å². The van der Waals surface area contributed by atoms with Gasteiger partial charge in [0.15, 0.2) is 5.82 Å². The average molecular weight is 418 g/mol. The van der Waals surface area contributed by atoms with Crippen molar-refractivity contribution in [3.63, 3.8) is 0 Å². The van der Waals surface area contributed by atoms with Gasteiger partial charge in [0.1, 0.15) is 5.82 Å². The summed E-state index contributed by atoms with van der Waals surface area (Å²) in [5, 5.41) is 19.1. The number of hydrogen-bond acceptors (Lipinski definition) is 6. The second kappa shape index (κ2) is 9.49. The van der Waals surface area contributed by atoms with E-state index in [2.05, 4.69) is 79.7 Å². The number of benzene rings is 2. The third-order valence-corrected chi connectivity index (χ3v) is 5.00. The van der Waals surface area contributed by atoms with Gasteiger partial charge in [-0.2, -0.15) is 22.9 Å². The van der Waals surface area contributed by atoms with E-state index in [1.165, 1.54) is 5.56 Å². The summed E-state index contributed by atoms with van der Waals surface area (Å²) < 4.78 is 1.99. The van der Waals surface area contributed by atoms with Gasteiger partial charge in [-0.15, -0.1) is 10.2 Å². The topological polar surface area (TPSA) is 85.2 Å². The molecule has 0 aliphatic rings. The smallest absolute Gasteiger partial charge is 0.205 e. The summed E-state index contributed by atoms with van der Waals surface area (Å²) in [6, 6.07) is 16.5. The molecule has 0 bridgehead atoms. The number of aromatic amines is 1. The first-order valence-corrected chi connectivity index (χ1v) is 10.5. The molecule has 0 amide bonds. The minimum Gasteiger partial charge on any atom is -0.245 e. The van der Waals surface area contributed by atoms with Crippen molar-refractivity contribution < 1.29 is 0 Å². The van der Waals surface area contributed by atoms with Crippen molar-refractivity contribution in [2.24, 2.45) is 0 Å². The van der Waals surface area contributed by atoms with E-state index in [0.29, 0.717) is 12.4 Å². The lowest BCUT2D eigenvalue weighted by Crippen LogP contribution is -2.06. The summed E-state index contributed by atoms with van der Waals surface area (Å²) in [5.74, 6) is 3.14. The van der Waals surface area contributed by atoms with Crippen molar-refractivity contribution >= 4 is 12.6 Å². The van der Waals surface area contributed by atoms with E-state index in [1.807, 2.05) is 35.9 Å². The molecule has 0 fully saturated rings. The molecule has 8 heteroatoms. The van der Waals surface area contributed by atoms with Crippen LogP contribution in [0.1, 0.15) is 24.1 Å². The average Bonchev–Trinajstić information content (AvgIpc) is 3.44. The van der Waals surface area contributed by atoms with Crippen LogP contribution in [-0.4, -0.2) is 41.1 Å². The monoisotopic (exact) mass is 417 g/mol. The van der Waals surface area contributed by atoms with Crippen LogP contribution < -0.4 is 0 Å². The zero-order chi connectivity index (χ0) is 20.8. The van der Waals surface area contributed by atoms with E-state index in [1.54, 1.807) is 0 Å². The second-order valence-electron chi connectivity index (χ2n) is 6.83. The SMILES string of the molecule is CC=CCc1nc(CCS)nn1Cc1ccc(-c2ccccc2-c2nn[nH]n2)cc1. The number of hydrogen-bond donors (Lipinski definition) is 2. The molecule has 4 aromatic rings. The highest BCUT2D eigenvalue weighted by Gasteiger charge is 2.12. The number of nitrogens with one attached hydrogen (secondary N) is 1. The molecule has 1 N–H and O–H groups in total. The van der Waals surface area contributed by atoms with E-state index in [0.717, 1.165) is 46.9 Å². The van der Waals surface area contributed by atoms with Crippen LogP contribution in [0.3, 0.4) is 0 Å². The van der Waals surface area contributed by atoms with E-state index in [9.17, 15) is 0 Å². The number of tetrazole rings is 1. The largest absolute Gasteiger partial charge is 0.245 e. The van der Waals surface area contributed by atoms with Crippen molar-refractivity contribution in [3.8, 4) is 22.5 Å². The zero-order valence-corrected chi connectivity index (χ0v) is 17.6. The predicted octanol–water partition coefficient (Wildman–Crippen LogP) is 3.76. The lowest BCUT2D eigenvalue weighted by molar-refractivity contribution is 0.644. The van der Waals surface area contributed by atoms with Crippen LogP contribution in [0.15, 0.2) is 60.7 Å². The lowest BCUT2D eigenvalue weighted by atomic mass is 9.98. The van der Waals surface area contributed by atoms with E-state index in [4.69, 9.17) is 0 Å². The van der Waals surface area contributed by atoms with Crippen LogP contribution in [0.25, 0.3) is 22.5 Å². The highest BCUT2D eigenvalue weighted by Crippen LogP contribution is 2.29. The molecule has 0 spiro atoms. The third kappa shape index (κ3) is 4.49. The standard InChI is InChI=1S/C22H23N7S/c1-2-3-8-21-23-20(13-14-30)26-29(21)15-16-9-11-17(12-10-16)18-6-4-5-7-19(18)22-24-27-28-25-22/h2-7,9-12,30H,8,13-15H2,1H3,(H,24,25,27,28). The Kier molecular flexibility index (Phi) is 6.34. The lowest BCUT2D eigenvalue weighted by Gasteiger charge is -2.09. The molecule has 2 aromatic carbocycles. The first-order valence-electron chi connectivity index (χ1n) is 9.85. The van der Waals surface area contributed by atoms with Gasteiger partial charge in [-0.1, -0.05) is 60.7 Å². The summed E-state index contributed by atoms with van der Waals surface area (Å²) in [5.41, 5.74) is 4.28. The summed E-state index contributed by atoms with van der Waals surface area (Å²) in [6.07, 6.45) is 5.67. The van der Waals surface area contributed by atoms with E-state index >= 15 is 0 Å². The molecule has 7 nitrogen and oxygen atoms in total. The first kappa shape index (κ1) is 20.0. The summed E-state index contributed by atoms with van der Waals surface area (Å²) in [6.45, 7) is 2.69. The molecule has 0 saturated heterocycles. The fraction of sp³-hybridized carbons (Fsp3) is 0.227. The Morgan fingerprint density at radius 3 is 2.57 bits per heavy atom. The molecular formula is C22H23N7S. The number of allylic oxidation sites excluding steroid dienone is 2. The Hall–Kier alpha value is -3.26. The Bertz CT molecular complexity index is 1110. The fourth-order valence-electron chi connectivity index (χ4n) is 3.30. The van der Waals surface area contributed by atoms with Gasteiger partial charge in [0, 0.05) is 18.4 Å². The van der Waals surface area contributed by atoms with E-state index < -0.39 is 0 Å². The summed E-state index contributed by atoms with van der Waals surface area (Å²) in [7, 11) is 0. The minimum atomic E-state index is 0.586. The van der Waals surface area contributed by atoms with Crippen LogP contribution in [0.5, 0.6) is 0 Å². The van der Waals surface area contributed by atoms with Crippen molar-refractivity contribution in [2.75, 3.05) is 5.75 Å². The summed E-state index contributed by atoms with van der Waals surface area (Å²) in [4.78, 5) is 4.67. The van der Waals surface area contributed by atoms with Crippen molar-refractivity contribution in [1.29, 1.82) is 0 Å². The number of nitrogens with zero attached hydrogens (tertiary/aromatic N) is 6. The summed E-state index contributed by atoms with van der Waals surface area (Å²) >= 11 is 4.30. The fourth-order valence-corrected chi connectivity index (χ4v) is 3.50. The predicted molar refractivity (Wildman–Crippen MR) is 120 cm³/mol. The van der Waals surface area contributed by atoms with Crippen molar-refractivity contribution in [3.05, 3.63) is 77.9 Å². The molecule has 0 aliphatic carbocycles. The molecule has 2 aromatic heterocycles. The Labute approximate surface area is 180 Å². The molecule has 0 aliphatic heterocycles. The van der Waals surface area contributed by atoms with Crippen LogP contribution in [-0.2, 0) is 19.4 Å². The van der Waals surface area contributed by atoms with Crippen LogP contribution in [0, 0.1) is 0 Å².